The molecule has 1 fully saturated rings. The topological polar surface area (TPSA) is 77.7 Å². The average Bonchev–Trinajstić information content (AvgIpc) is 3.22. The summed E-state index contributed by atoms with van der Waals surface area (Å²) in [4.78, 5) is 31.5. The van der Waals surface area contributed by atoms with Gasteiger partial charge in [-0.2, -0.15) is 0 Å². The molecule has 2 aromatic heterocycles. The minimum atomic E-state index is -1.31. The number of amides is 1. The maximum Gasteiger partial charge on any atom is 1.00 e. The van der Waals surface area contributed by atoms with Crippen LogP contribution < -0.4 is 34.7 Å². The van der Waals surface area contributed by atoms with E-state index in [4.69, 9.17) is 0 Å². The smallest absolute Gasteiger partial charge is 0.543 e. The Morgan fingerprint density at radius 2 is 2.16 bits per heavy atom. The summed E-state index contributed by atoms with van der Waals surface area (Å²) < 4.78 is 2.14. The third kappa shape index (κ3) is 2.54. The molecule has 0 saturated carbocycles. The summed E-state index contributed by atoms with van der Waals surface area (Å²) in [6, 6.07) is 0. The van der Waals surface area contributed by atoms with Crippen molar-refractivity contribution in [1.82, 2.24) is 14.3 Å². The molecule has 0 spiro atoms. The number of aliphatic carboxylic acids is 1. The Hall–Kier alpha value is -1.06. The summed E-state index contributed by atoms with van der Waals surface area (Å²) in [5, 5.41) is 12.2. The van der Waals surface area contributed by atoms with E-state index in [1.165, 1.54) is 45.5 Å². The van der Waals surface area contributed by atoms with Crippen LogP contribution in [0.4, 0.5) is 0 Å². The number of fused-ring (bicyclic) bond motifs is 4. The summed E-state index contributed by atoms with van der Waals surface area (Å²) in [5.74, 6) is -1.59. The average molecular weight is 381 g/mol. The Kier molecular flexibility index (Phi) is 4.36. The number of carboxylic acid groups (broad SMARTS) is 1. The van der Waals surface area contributed by atoms with Gasteiger partial charge in [0.25, 0.3) is 5.91 Å². The van der Waals surface area contributed by atoms with E-state index in [0.29, 0.717) is 5.57 Å². The maximum absolute atomic E-state index is 12.2. The van der Waals surface area contributed by atoms with Crippen molar-refractivity contribution in [1.29, 1.82) is 0 Å². The molecule has 1 atom stereocenters. The van der Waals surface area contributed by atoms with Crippen molar-refractivity contribution in [2.45, 2.75) is 31.1 Å². The molecular formula is C16H12N3NaO3S2. The van der Waals surface area contributed by atoms with Crippen LogP contribution >= 0.6 is 23.1 Å². The minimum absolute atomic E-state index is 0. The number of rotatable bonds is 2. The molecule has 6 nitrogen and oxygen atoms in total. The second-order valence-electron chi connectivity index (χ2n) is 6.05. The first-order valence-electron chi connectivity index (χ1n) is 7.75. The Labute approximate surface area is 173 Å². The van der Waals surface area contributed by atoms with Gasteiger partial charge in [-0.1, -0.05) is 0 Å². The van der Waals surface area contributed by atoms with E-state index in [1.54, 1.807) is 17.4 Å². The van der Waals surface area contributed by atoms with E-state index in [2.05, 4.69) is 9.38 Å². The van der Waals surface area contributed by atoms with Gasteiger partial charge < -0.3 is 9.90 Å². The first-order valence-corrected chi connectivity index (χ1v) is 9.51. The zero-order chi connectivity index (χ0) is 16.4. The van der Waals surface area contributed by atoms with Crippen LogP contribution in [0.5, 0.6) is 0 Å². The van der Waals surface area contributed by atoms with Crippen molar-refractivity contribution < 1.29 is 44.3 Å². The summed E-state index contributed by atoms with van der Waals surface area (Å²) in [5.41, 5.74) is 2.63. The number of hydrogen-bond acceptors (Lipinski definition) is 6. The first kappa shape index (κ1) is 17.4. The number of carbonyl (C=O) groups excluding carboxylic acids is 2. The molecule has 0 bridgehead atoms. The number of aryl methyl sites for hydroxylation is 2. The van der Waals surface area contributed by atoms with Gasteiger partial charge in [0.1, 0.15) is 5.37 Å². The van der Waals surface area contributed by atoms with E-state index in [1.807, 2.05) is 6.20 Å². The van der Waals surface area contributed by atoms with Crippen molar-refractivity contribution >= 4 is 46.0 Å². The third-order valence-electron chi connectivity index (χ3n) is 4.63. The quantitative estimate of drug-likeness (QED) is 0.347. The van der Waals surface area contributed by atoms with E-state index in [-0.39, 0.29) is 46.5 Å². The van der Waals surface area contributed by atoms with Crippen LogP contribution in [0.15, 0.2) is 22.9 Å². The van der Waals surface area contributed by atoms with Gasteiger partial charge in [-0.3, -0.25) is 14.1 Å². The summed E-state index contributed by atoms with van der Waals surface area (Å²) in [6.07, 6.45) is 8.40. The predicted molar refractivity (Wildman–Crippen MR) is 89.0 cm³/mol. The molecule has 1 aliphatic carbocycles. The van der Waals surface area contributed by atoms with Crippen molar-refractivity contribution in [3.05, 3.63) is 39.1 Å². The molecule has 25 heavy (non-hydrogen) atoms. The largest absolute Gasteiger partial charge is 1.00 e. The standard InChI is InChI=1S/C16H13N3O3S2.Na/c20-13-9(14-19(13)11(7-23-14)15(21)22)5-8-6-18-10-3-1-2-4-12(10)24-16(18)17-8;/h5-7,14H,1-4H2,(H,21,22);/q;+1/p-1/b9-5+;/t14-;/m1./s1. The number of thiazole rings is 1. The Balaban J connectivity index is 0.00000157. The molecule has 2 aliphatic heterocycles. The zero-order valence-corrected chi connectivity index (χ0v) is 17.2. The van der Waals surface area contributed by atoms with Crippen LogP contribution in [-0.4, -0.2) is 31.5 Å². The van der Waals surface area contributed by atoms with Gasteiger partial charge in [-0.05, 0) is 37.2 Å². The fourth-order valence-electron chi connectivity index (χ4n) is 3.47. The molecule has 1 amide bonds. The molecule has 2 aromatic rings. The minimum Gasteiger partial charge on any atom is -0.543 e. The van der Waals surface area contributed by atoms with Crippen molar-refractivity contribution in [3.63, 3.8) is 0 Å². The number of carbonyl (C=O) groups is 2. The molecule has 4 heterocycles. The van der Waals surface area contributed by atoms with Gasteiger partial charge in [0, 0.05) is 16.8 Å². The fraction of sp³-hybridized carbons (Fsp3) is 0.312. The molecule has 5 rings (SSSR count). The summed E-state index contributed by atoms with van der Waals surface area (Å²) in [6.45, 7) is 0. The molecule has 3 aliphatic rings. The molecule has 9 heteroatoms. The Morgan fingerprint density at radius 1 is 1.36 bits per heavy atom. The van der Waals surface area contributed by atoms with E-state index in [0.717, 1.165) is 23.5 Å². The van der Waals surface area contributed by atoms with Gasteiger partial charge in [-0.15, -0.1) is 23.1 Å². The van der Waals surface area contributed by atoms with Crippen molar-refractivity contribution in [2.75, 3.05) is 0 Å². The SMILES string of the molecule is O=C([O-])C1=CS[C@@H]2/C(=C/c3cn4c5c(sc4n3)CCCC5)C(=O)N12.[Na+]. The summed E-state index contributed by atoms with van der Waals surface area (Å²) >= 11 is 3.04. The number of β-lactam (4-membered cyclic amide) rings is 1. The second kappa shape index (κ2) is 6.28. The van der Waals surface area contributed by atoms with Gasteiger partial charge in [0.05, 0.1) is 22.9 Å². The van der Waals surface area contributed by atoms with E-state index >= 15 is 0 Å². The van der Waals surface area contributed by atoms with E-state index in [9.17, 15) is 14.7 Å². The molecule has 122 valence electrons. The monoisotopic (exact) mass is 381 g/mol. The Bertz CT molecular complexity index is 975. The van der Waals surface area contributed by atoms with Crippen LogP contribution in [0, 0.1) is 0 Å². The van der Waals surface area contributed by atoms with Gasteiger partial charge in [0.2, 0.25) is 0 Å². The van der Waals surface area contributed by atoms with Crippen LogP contribution in [0.1, 0.15) is 29.1 Å². The maximum atomic E-state index is 12.2. The van der Waals surface area contributed by atoms with Crippen molar-refractivity contribution in [3.8, 4) is 0 Å². The van der Waals surface area contributed by atoms with Crippen LogP contribution in [0.3, 0.4) is 0 Å². The molecular weight excluding hydrogens is 369 g/mol. The van der Waals surface area contributed by atoms with Crippen LogP contribution in [-0.2, 0) is 22.4 Å². The second-order valence-corrected chi connectivity index (χ2v) is 8.07. The molecule has 0 radical (unpaired) electrons. The molecule has 1 saturated heterocycles. The molecule has 0 aromatic carbocycles. The number of nitrogens with zero attached hydrogens (tertiary/aromatic N) is 3. The molecule has 0 N–H and O–H groups in total. The number of hydrogen-bond donors (Lipinski definition) is 0. The normalized spacial score (nSPS) is 23.1. The van der Waals surface area contributed by atoms with Crippen molar-refractivity contribution in [2.24, 2.45) is 0 Å². The fourth-order valence-corrected chi connectivity index (χ4v) is 5.78. The first-order chi connectivity index (χ1) is 11.6. The predicted octanol–water partition coefficient (Wildman–Crippen LogP) is -1.83. The van der Waals surface area contributed by atoms with Crippen LogP contribution in [0.25, 0.3) is 11.0 Å². The Morgan fingerprint density at radius 3 is 2.96 bits per heavy atom. The third-order valence-corrected chi connectivity index (χ3v) is 6.87. The van der Waals surface area contributed by atoms with E-state index < -0.39 is 5.97 Å². The number of thioether (sulfide) groups is 1. The zero-order valence-electron chi connectivity index (χ0n) is 13.5. The summed E-state index contributed by atoms with van der Waals surface area (Å²) in [7, 11) is 0. The van der Waals surface area contributed by atoms with Gasteiger partial charge in [-0.25, -0.2) is 4.98 Å². The van der Waals surface area contributed by atoms with Crippen LogP contribution in [0.2, 0.25) is 0 Å². The van der Waals surface area contributed by atoms with Gasteiger partial charge >= 0.3 is 29.6 Å². The number of imidazole rings is 1. The van der Waals surface area contributed by atoms with Gasteiger partial charge in [0.15, 0.2) is 4.96 Å². The molecule has 0 unspecified atom stereocenters. The number of carboxylic acids is 1. The number of aromatic nitrogens is 2.